The van der Waals surface area contributed by atoms with Crippen LogP contribution in [0.3, 0.4) is 0 Å². The predicted octanol–water partition coefficient (Wildman–Crippen LogP) is 5.80. The van der Waals surface area contributed by atoms with Gasteiger partial charge in [-0.05, 0) is 80.3 Å². The standard InChI is InChI=1S/C30H31N5O3S2/c1-5-26(39-30-34-33-27-17-20(3)25-16-19(2)15-21(4)28(25)35(27)30)29(36)32-23-11-13-24(14-12-23)40(37,38)31-18-22-9-7-6-8-10-22/h6-17,26,31H,5,18H2,1-4H3,(H,32,36). The van der Waals surface area contributed by atoms with Crippen LogP contribution in [0.25, 0.3) is 16.6 Å². The van der Waals surface area contributed by atoms with Gasteiger partial charge in [-0.25, -0.2) is 13.1 Å². The van der Waals surface area contributed by atoms with Gasteiger partial charge in [0, 0.05) is 17.6 Å². The number of carbonyl (C=O) groups is 1. The zero-order valence-electron chi connectivity index (χ0n) is 22.8. The summed E-state index contributed by atoms with van der Waals surface area (Å²) in [6, 6.07) is 21.8. The molecular formula is C30H31N5O3S2. The second kappa shape index (κ2) is 11.4. The van der Waals surface area contributed by atoms with Crippen LogP contribution in [-0.4, -0.2) is 34.2 Å². The summed E-state index contributed by atoms with van der Waals surface area (Å²) in [5.41, 5.74) is 6.61. The number of sulfonamides is 1. The highest BCUT2D eigenvalue weighted by atomic mass is 32.2. The molecule has 8 nitrogen and oxygen atoms in total. The molecule has 2 aromatic heterocycles. The van der Waals surface area contributed by atoms with E-state index in [4.69, 9.17) is 0 Å². The molecule has 1 atom stereocenters. The Bertz CT molecular complexity index is 1800. The fourth-order valence-electron chi connectivity index (χ4n) is 4.74. The van der Waals surface area contributed by atoms with Crippen molar-refractivity contribution in [1.29, 1.82) is 0 Å². The van der Waals surface area contributed by atoms with Gasteiger partial charge in [0.05, 0.1) is 15.7 Å². The summed E-state index contributed by atoms with van der Waals surface area (Å²) in [4.78, 5) is 13.4. The largest absolute Gasteiger partial charge is 0.325 e. The number of nitrogens with one attached hydrogen (secondary N) is 2. The number of amides is 1. The van der Waals surface area contributed by atoms with Gasteiger partial charge < -0.3 is 5.32 Å². The van der Waals surface area contributed by atoms with Crippen LogP contribution >= 0.6 is 11.8 Å². The van der Waals surface area contributed by atoms with Gasteiger partial charge in [-0.1, -0.05) is 60.6 Å². The first kappa shape index (κ1) is 27.8. The van der Waals surface area contributed by atoms with Gasteiger partial charge in [0.15, 0.2) is 10.8 Å². The highest BCUT2D eigenvalue weighted by molar-refractivity contribution is 8.00. The Labute approximate surface area is 238 Å². The molecule has 10 heteroatoms. The van der Waals surface area contributed by atoms with E-state index in [1.54, 1.807) is 12.1 Å². The molecule has 2 N–H and O–H groups in total. The molecule has 3 aromatic carbocycles. The number of aryl methyl sites for hydroxylation is 3. The van der Waals surface area contributed by atoms with Gasteiger partial charge in [-0.3, -0.25) is 9.20 Å². The molecule has 0 radical (unpaired) electrons. The molecule has 0 saturated carbocycles. The van der Waals surface area contributed by atoms with Gasteiger partial charge in [0.1, 0.15) is 0 Å². The Morgan fingerprint density at radius 3 is 2.38 bits per heavy atom. The normalized spacial score (nSPS) is 12.6. The number of carbonyl (C=O) groups excluding carboxylic acids is 1. The van der Waals surface area contributed by atoms with Crippen LogP contribution in [0.15, 0.2) is 82.8 Å². The maximum atomic E-state index is 13.3. The summed E-state index contributed by atoms with van der Waals surface area (Å²) in [5.74, 6) is -0.189. The number of aromatic nitrogens is 3. The molecule has 0 saturated heterocycles. The maximum absolute atomic E-state index is 13.3. The first-order valence-corrected chi connectivity index (χ1v) is 15.4. The van der Waals surface area contributed by atoms with Crippen LogP contribution in [0.5, 0.6) is 0 Å². The molecule has 5 rings (SSSR count). The summed E-state index contributed by atoms with van der Waals surface area (Å²) >= 11 is 1.37. The molecule has 0 bridgehead atoms. The minimum absolute atomic E-state index is 0.130. The van der Waals surface area contributed by atoms with Gasteiger partial charge in [-0.2, -0.15) is 0 Å². The quantitative estimate of drug-likeness (QED) is 0.216. The van der Waals surface area contributed by atoms with Crippen LogP contribution in [0.1, 0.15) is 35.6 Å². The number of nitrogens with zero attached hydrogens (tertiary/aromatic N) is 3. The lowest BCUT2D eigenvalue weighted by atomic mass is 10.0. The minimum atomic E-state index is -3.69. The third kappa shape index (κ3) is 5.74. The lowest BCUT2D eigenvalue weighted by Gasteiger charge is -2.16. The van der Waals surface area contributed by atoms with Crippen molar-refractivity contribution in [3.8, 4) is 0 Å². The van der Waals surface area contributed by atoms with E-state index in [9.17, 15) is 13.2 Å². The van der Waals surface area contributed by atoms with Crippen molar-refractivity contribution in [2.75, 3.05) is 5.32 Å². The number of rotatable bonds is 9. The van der Waals surface area contributed by atoms with Crippen LogP contribution in [-0.2, 0) is 21.4 Å². The zero-order chi connectivity index (χ0) is 28.4. The molecule has 0 aliphatic rings. The number of hydrogen-bond acceptors (Lipinski definition) is 6. The molecule has 0 fully saturated rings. The summed E-state index contributed by atoms with van der Waals surface area (Å²) in [6.07, 6.45) is 0.573. The Balaban J connectivity index is 1.32. The van der Waals surface area contributed by atoms with E-state index in [1.807, 2.05) is 47.7 Å². The summed E-state index contributed by atoms with van der Waals surface area (Å²) < 4.78 is 30.1. The van der Waals surface area contributed by atoms with Gasteiger partial charge in [0.2, 0.25) is 15.9 Å². The Kier molecular flexibility index (Phi) is 7.93. The molecule has 40 heavy (non-hydrogen) atoms. The average molecular weight is 574 g/mol. The fourth-order valence-corrected chi connectivity index (χ4v) is 6.72. The summed E-state index contributed by atoms with van der Waals surface area (Å²) in [5, 5.41) is 13.1. The zero-order valence-corrected chi connectivity index (χ0v) is 24.4. The van der Waals surface area contributed by atoms with E-state index >= 15 is 0 Å². The van der Waals surface area contributed by atoms with Crippen molar-refractivity contribution < 1.29 is 13.2 Å². The Morgan fingerprint density at radius 1 is 0.950 bits per heavy atom. The van der Waals surface area contributed by atoms with E-state index in [0.717, 1.165) is 33.2 Å². The molecule has 0 aliphatic carbocycles. The lowest BCUT2D eigenvalue weighted by molar-refractivity contribution is -0.115. The van der Waals surface area contributed by atoms with Crippen molar-refractivity contribution in [2.24, 2.45) is 0 Å². The number of pyridine rings is 1. The van der Waals surface area contributed by atoms with Crippen LogP contribution < -0.4 is 10.0 Å². The Morgan fingerprint density at radius 2 is 1.68 bits per heavy atom. The highest BCUT2D eigenvalue weighted by Crippen LogP contribution is 2.32. The van der Waals surface area contributed by atoms with Crippen molar-refractivity contribution in [3.05, 3.63) is 95.1 Å². The van der Waals surface area contributed by atoms with Crippen LogP contribution in [0.2, 0.25) is 0 Å². The predicted molar refractivity (Wildman–Crippen MR) is 160 cm³/mol. The number of fused-ring (bicyclic) bond motifs is 3. The molecule has 0 aliphatic heterocycles. The van der Waals surface area contributed by atoms with Crippen molar-refractivity contribution in [3.63, 3.8) is 0 Å². The number of anilines is 1. The van der Waals surface area contributed by atoms with Crippen molar-refractivity contribution in [1.82, 2.24) is 19.3 Å². The number of hydrogen-bond donors (Lipinski definition) is 2. The van der Waals surface area contributed by atoms with E-state index < -0.39 is 15.3 Å². The lowest BCUT2D eigenvalue weighted by Crippen LogP contribution is -2.25. The van der Waals surface area contributed by atoms with Crippen molar-refractivity contribution >= 4 is 49.9 Å². The molecule has 1 amide bonds. The highest BCUT2D eigenvalue weighted by Gasteiger charge is 2.23. The molecule has 206 valence electrons. The third-order valence-electron chi connectivity index (χ3n) is 6.75. The average Bonchev–Trinajstić information content (AvgIpc) is 3.33. The first-order chi connectivity index (χ1) is 19.2. The van der Waals surface area contributed by atoms with Crippen LogP contribution in [0.4, 0.5) is 5.69 Å². The Hall–Kier alpha value is -3.73. The molecule has 1 unspecified atom stereocenters. The molecular weight excluding hydrogens is 542 g/mol. The van der Waals surface area contributed by atoms with Gasteiger partial charge in [-0.15, -0.1) is 10.2 Å². The third-order valence-corrected chi connectivity index (χ3v) is 9.47. The summed E-state index contributed by atoms with van der Waals surface area (Å²) in [7, 11) is -3.69. The SMILES string of the molecule is CCC(Sc1nnc2cc(C)c3cc(C)cc(C)c3n12)C(=O)Nc1ccc(S(=O)(=O)NCc2ccccc2)cc1. The molecule has 2 heterocycles. The number of benzene rings is 3. The number of thioether (sulfide) groups is 1. The second-order valence-electron chi connectivity index (χ2n) is 9.82. The van der Waals surface area contributed by atoms with E-state index in [0.29, 0.717) is 17.3 Å². The topological polar surface area (TPSA) is 105 Å². The van der Waals surface area contributed by atoms with Gasteiger partial charge >= 0.3 is 0 Å². The minimum Gasteiger partial charge on any atom is -0.325 e. The van der Waals surface area contributed by atoms with Crippen molar-refractivity contribution in [2.45, 2.75) is 56.0 Å². The van der Waals surface area contributed by atoms with Gasteiger partial charge in [0.25, 0.3) is 0 Å². The monoisotopic (exact) mass is 573 g/mol. The van der Waals surface area contributed by atoms with E-state index in [2.05, 4.69) is 53.1 Å². The fraction of sp³-hybridized carbons (Fsp3) is 0.233. The van der Waals surface area contributed by atoms with E-state index in [-0.39, 0.29) is 17.3 Å². The maximum Gasteiger partial charge on any atom is 0.240 e. The first-order valence-electron chi connectivity index (χ1n) is 13.0. The second-order valence-corrected chi connectivity index (χ2v) is 12.8. The van der Waals surface area contributed by atoms with E-state index in [1.165, 1.54) is 29.5 Å². The van der Waals surface area contributed by atoms with Crippen LogP contribution in [0, 0.1) is 20.8 Å². The molecule has 5 aromatic rings. The smallest absolute Gasteiger partial charge is 0.240 e. The summed E-state index contributed by atoms with van der Waals surface area (Å²) in [6.45, 7) is 8.38. The molecule has 0 spiro atoms.